The highest BCUT2D eigenvalue weighted by atomic mass is 15.3. The SMILES string of the molecule is C/C(=C\c1ccccc1)CN1CCN(CCN2C(C)CCC2C)CC1. The Labute approximate surface area is 154 Å². The second-order valence-corrected chi connectivity index (χ2v) is 8.03. The molecule has 2 saturated heterocycles. The standard InChI is InChI=1S/C22H35N3/c1-19(17-22-7-5-4-6-8-22)18-24-13-11-23(12-14-24)15-16-25-20(2)9-10-21(25)3/h4-8,17,20-21H,9-16,18H2,1-3H3/b19-17+. The summed E-state index contributed by atoms with van der Waals surface area (Å²) in [6.07, 6.45) is 5.08. The Kier molecular flexibility index (Phi) is 6.69. The Balaban J connectivity index is 1.39. The summed E-state index contributed by atoms with van der Waals surface area (Å²) >= 11 is 0. The highest BCUT2D eigenvalue weighted by Crippen LogP contribution is 2.22. The van der Waals surface area contributed by atoms with Crippen molar-refractivity contribution in [1.29, 1.82) is 0 Å². The van der Waals surface area contributed by atoms with Gasteiger partial charge in [0.1, 0.15) is 0 Å². The normalized spacial score (nSPS) is 27.1. The molecule has 2 aliphatic heterocycles. The predicted octanol–water partition coefficient (Wildman–Crippen LogP) is 3.58. The zero-order valence-corrected chi connectivity index (χ0v) is 16.3. The lowest BCUT2D eigenvalue weighted by Gasteiger charge is -2.36. The van der Waals surface area contributed by atoms with Crippen LogP contribution in [0.25, 0.3) is 6.08 Å². The van der Waals surface area contributed by atoms with Gasteiger partial charge in [-0.1, -0.05) is 42.0 Å². The minimum atomic E-state index is 0.780. The average molecular weight is 342 g/mol. The number of piperazine rings is 1. The highest BCUT2D eigenvalue weighted by Gasteiger charge is 2.27. The van der Waals surface area contributed by atoms with E-state index in [-0.39, 0.29) is 0 Å². The van der Waals surface area contributed by atoms with E-state index in [9.17, 15) is 0 Å². The van der Waals surface area contributed by atoms with Crippen LogP contribution in [-0.2, 0) is 0 Å². The minimum Gasteiger partial charge on any atom is -0.300 e. The molecule has 3 nitrogen and oxygen atoms in total. The fraction of sp³-hybridized carbons (Fsp3) is 0.636. The molecule has 1 aromatic rings. The van der Waals surface area contributed by atoms with E-state index in [4.69, 9.17) is 0 Å². The molecule has 0 spiro atoms. The molecule has 0 N–H and O–H groups in total. The lowest BCUT2D eigenvalue weighted by Crippen LogP contribution is -2.49. The summed E-state index contributed by atoms with van der Waals surface area (Å²) in [6, 6.07) is 12.2. The first-order chi connectivity index (χ1) is 12.1. The van der Waals surface area contributed by atoms with Crippen molar-refractivity contribution in [3.63, 3.8) is 0 Å². The fourth-order valence-electron chi connectivity index (χ4n) is 4.35. The van der Waals surface area contributed by atoms with Crippen LogP contribution in [0.4, 0.5) is 0 Å². The lowest BCUT2D eigenvalue weighted by molar-refractivity contribution is 0.115. The molecule has 0 aliphatic carbocycles. The van der Waals surface area contributed by atoms with Crippen LogP contribution in [0.2, 0.25) is 0 Å². The first kappa shape index (κ1) is 18.6. The van der Waals surface area contributed by atoms with Gasteiger partial charge in [-0.3, -0.25) is 14.7 Å². The molecule has 0 bridgehead atoms. The van der Waals surface area contributed by atoms with Crippen LogP contribution in [0.15, 0.2) is 35.9 Å². The van der Waals surface area contributed by atoms with Crippen molar-refractivity contribution in [3.05, 3.63) is 41.5 Å². The maximum atomic E-state index is 2.71. The lowest BCUT2D eigenvalue weighted by atomic mass is 10.1. The van der Waals surface area contributed by atoms with E-state index in [0.717, 1.165) is 18.6 Å². The molecular weight excluding hydrogens is 306 g/mol. The summed E-state index contributed by atoms with van der Waals surface area (Å²) in [4.78, 5) is 7.97. The van der Waals surface area contributed by atoms with E-state index >= 15 is 0 Å². The molecule has 2 atom stereocenters. The molecule has 0 radical (unpaired) electrons. The maximum absolute atomic E-state index is 2.71. The van der Waals surface area contributed by atoms with Crippen LogP contribution < -0.4 is 0 Å². The summed E-state index contributed by atoms with van der Waals surface area (Å²) in [7, 11) is 0. The third-order valence-corrected chi connectivity index (χ3v) is 5.96. The number of nitrogens with zero attached hydrogens (tertiary/aromatic N) is 3. The second kappa shape index (κ2) is 8.98. The second-order valence-electron chi connectivity index (χ2n) is 8.03. The van der Waals surface area contributed by atoms with E-state index in [1.165, 1.54) is 63.2 Å². The molecule has 3 rings (SSSR count). The van der Waals surface area contributed by atoms with Crippen molar-refractivity contribution < 1.29 is 0 Å². The van der Waals surface area contributed by atoms with E-state index in [1.807, 2.05) is 0 Å². The summed E-state index contributed by atoms with van der Waals surface area (Å²) in [6.45, 7) is 15.5. The third kappa shape index (κ3) is 5.40. The van der Waals surface area contributed by atoms with Crippen LogP contribution >= 0.6 is 0 Å². The first-order valence-corrected chi connectivity index (χ1v) is 10.0. The predicted molar refractivity (Wildman–Crippen MR) is 108 cm³/mol. The topological polar surface area (TPSA) is 9.72 Å². The van der Waals surface area contributed by atoms with Crippen molar-refractivity contribution in [1.82, 2.24) is 14.7 Å². The Bertz CT molecular complexity index is 536. The zero-order chi connectivity index (χ0) is 17.6. The fourth-order valence-corrected chi connectivity index (χ4v) is 4.35. The van der Waals surface area contributed by atoms with Crippen LogP contribution in [0.5, 0.6) is 0 Å². The van der Waals surface area contributed by atoms with Gasteiger partial charge in [-0.15, -0.1) is 0 Å². The van der Waals surface area contributed by atoms with Gasteiger partial charge in [0.2, 0.25) is 0 Å². The van der Waals surface area contributed by atoms with E-state index in [0.29, 0.717) is 0 Å². The largest absolute Gasteiger partial charge is 0.300 e. The van der Waals surface area contributed by atoms with Gasteiger partial charge in [0, 0.05) is 57.9 Å². The molecule has 3 heteroatoms. The van der Waals surface area contributed by atoms with Crippen LogP contribution in [0, 0.1) is 0 Å². The van der Waals surface area contributed by atoms with Gasteiger partial charge in [0.15, 0.2) is 0 Å². The number of hydrogen-bond acceptors (Lipinski definition) is 3. The number of hydrogen-bond donors (Lipinski definition) is 0. The van der Waals surface area contributed by atoms with Crippen molar-refractivity contribution in [3.8, 4) is 0 Å². The van der Waals surface area contributed by atoms with Crippen molar-refractivity contribution >= 4 is 6.08 Å². The maximum Gasteiger partial charge on any atom is 0.0194 e. The smallest absolute Gasteiger partial charge is 0.0194 e. The number of likely N-dealkylation sites (tertiary alicyclic amines) is 1. The Hall–Kier alpha value is -1.16. The van der Waals surface area contributed by atoms with Crippen molar-refractivity contribution in [2.24, 2.45) is 0 Å². The van der Waals surface area contributed by atoms with E-state index in [2.05, 4.69) is 71.9 Å². The molecular formula is C22H35N3. The van der Waals surface area contributed by atoms with Crippen LogP contribution in [0.1, 0.15) is 39.2 Å². The first-order valence-electron chi connectivity index (χ1n) is 10.0. The Morgan fingerprint density at radius 1 is 0.920 bits per heavy atom. The van der Waals surface area contributed by atoms with Crippen molar-refractivity contribution in [2.45, 2.75) is 45.7 Å². The molecule has 0 amide bonds. The van der Waals surface area contributed by atoms with Gasteiger partial charge in [-0.25, -0.2) is 0 Å². The van der Waals surface area contributed by atoms with Gasteiger partial charge in [-0.2, -0.15) is 0 Å². The van der Waals surface area contributed by atoms with E-state index in [1.54, 1.807) is 0 Å². The van der Waals surface area contributed by atoms with Gasteiger partial charge in [-0.05, 0) is 39.2 Å². The summed E-state index contributed by atoms with van der Waals surface area (Å²) in [5, 5.41) is 0. The van der Waals surface area contributed by atoms with E-state index < -0.39 is 0 Å². The molecule has 2 aliphatic rings. The number of benzene rings is 1. The molecule has 2 heterocycles. The summed E-state index contributed by atoms with van der Waals surface area (Å²) < 4.78 is 0. The molecule has 138 valence electrons. The highest BCUT2D eigenvalue weighted by molar-refractivity contribution is 5.52. The molecule has 2 unspecified atom stereocenters. The Morgan fingerprint density at radius 2 is 1.52 bits per heavy atom. The summed E-state index contributed by atoms with van der Waals surface area (Å²) in [5.74, 6) is 0. The van der Waals surface area contributed by atoms with Gasteiger partial charge in [0.05, 0.1) is 0 Å². The monoisotopic (exact) mass is 341 g/mol. The van der Waals surface area contributed by atoms with Gasteiger partial charge >= 0.3 is 0 Å². The van der Waals surface area contributed by atoms with Gasteiger partial charge in [0.25, 0.3) is 0 Å². The van der Waals surface area contributed by atoms with Gasteiger partial charge < -0.3 is 0 Å². The van der Waals surface area contributed by atoms with Crippen LogP contribution in [-0.4, -0.2) is 72.6 Å². The molecule has 1 aromatic carbocycles. The zero-order valence-electron chi connectivity index (χ0n) is 16.3. The number of rotatable bonds is 6. The van der Waals surface area contributed by atoms with Crippen molar-refractivity contribution in [2.75, 3.05) is 45.8 Å². The Morgan fingerprint density at radius 3 is 2.16 bits per heavy atom. The molecule has 2 fully saturated rings. The minimum absolute atomic E-state index is 0.780. The van der Waals surface area contributed by atoms with Crippen LogP contribution in [0.3, 0.4) is 0 Å². The third-order valence-electron chi connectivity index (χ3n) is 5.96. The summed E-state index contributed by atoms with van der Waals surface area (Å²) in [5.41, 5.74) is 2.77. The average Bonchev–Trinajstić information content (AvgIpc) is 2.93. The molecule has 0 aromatic heterocycles. The molecule has 25 heavy (non-hydrogen) atoms. The molecule has 0 saturated carbocycles. The quantitative estimate of drug-likeness (QED) is 0.783.